The van der Waals surface area contributed by atoms with E-state index in [0.29, 0.717) is 18.0 Å². The number of nitrogens with one attached hydrogen (secondary N) is 1. The van der Waals surface area contributed by atoms with Crippen molar-refractivity contribution >= 4 is 39.3 Å². The van der Waals surface area contributed by atoms with E-state index in [0.717, 1.165) is 27.6 Å². The molecule has 178 valence electrons. The van der Waals surface area contributed by atoms with Gasteiger partial charge in [-0.05, 0) is 54.3 Å². The smallest absolute Gasteiger partial charge is 0.243 e. The normalized spacial score (nSPS) is 12.6. The molecular weight excluding hydrogens is 512 g/mol. The van der Waals surface area contributed by atoms with Crippen molar-refractivity contribution in [3.8, 4) is 0 Å². The molecule has 0 fully saturated rings. The van der Waals surface area contributed by atoms with Crippen molar-refractivity contribution < 1.29 is 9.59 Å². The number of carbonyl (C=O) groups is 2. The molecule has 1 N–H and O–H groups in total. The number of amides is 2. The molecule has 0 aliphatic heterocycles. The number of nitrogens with zero attached hydrogens (tertiary/aromatic N) is 1. The molecule has 0 spiro atoms. The predicted octanol–water partition coefficient (Wildman–Crippen LogP) is 6.20. The van der Waals surface area contributed by atoms with Crippen molar-refractivity contribution in [3.05, 3.63) is 105 Å². The van der Waals surface area contributed by atoms with Gasteiger partial charge in [0.15, 0.2) is 0 Å². The molecule has 0 aliphatic rings. The van der Waals surface area contributed by atoms with Gasteiger partial charge >= 0.3 is 0 Å². The van der Waals surface area contributed by atoms with E-state index in [4.69, 9.17) is 11.6 Å². The lowest BCUT2D eigenvalue weighted by molar-refractivity contribution is -0.141. The van der Waals surface area contributed by atoms with Gasteiger partial charge in [-0.2, -0.15) is 0 Å². The van der Waals surface area contributed by atoms with E-state index >= 15 is 0 Å². The zero-order valence-electron chi connectivity index (χ0n) is 19.5. The fraction of sp³-hybridized carbons (Fsp3) is 0.286. The summed E-state index contributed by atoms with van der Waals surface area (Å²) in [5.41, 5.74) is 2.77. The topological polar surface area (TPSA) is 49.4 Å². The monoisotopic (exact) mass is 540 g/mol. The van der Waals surface area contributed by atoms with Gasteiger partial charge in [0.25, 0.3) is 0 Å². The summed E-state index contributed by atoms with van der Waals surface area (Å²) in [7, 11) is 0. The van der Waals surface area contributed by atoms with Gasteiger partial charge in [-0.3, -0.25) is 9.59 Å². The summed E-state index contributed by atoms with van der Waals surface area (Å²) in [5, 5.41) is 3.67. The zero-order valence-corrected chi connectivity index (χ0v) is 21.9. The SMILES string of the molecule is CC[C@@H](C)NC(=O)[C@H](Cc1ccccc1)N(Cc1cccc(Br)c1)C(=O)Cc1cccc(Cl)c1. The van der Waals surface area contributed by atoms with Gasteiger partial charge in [-0.15, -0.1) is 0 Å². The Bertz CT molecular complexity index is 1110. The summed E-state index contributed by atoms with van der Waals surface area (Å²) in [4.78, 5) is 28.9. The van der Waals surface area contributed by atoms with Crippen LogP contribution in [-0.4, -0.2) is 28.8 Å². The van der Waals surface area contributed by atoms with Crippen LogP contribution in [0.4, 0.5) is 0 Å². The number of hydrogen-bond acceptors (Lipinski definition) is 2. The molecule has 0 saturated carbocycles. The third kappa shape index (κ3) is 7.71. The van der Waals surface area contributed by atoms with Crippen LogP contribution >= 0.6 is 27.5 Å². The molecule has 2 amide bonds. The Morgan fingerprint density at radius 3 is 2.29 bits per heavy atom. The van der Waals surface area contributed by atoms with Crippen molar-refractivity contribution in [2.45, 2.75) is 51.7 Å². The molecule has 34 heavy (non-hydrogen) atoms. The number of carbonyl (C=O) groups excluding carboxylic acids is 2. The first-order valence-electron chi connectivity index (χ1n) is 11.5. The lowest BCUT2D eigenvalue weighted by Crippen LogP contribution is -2.52. The molecule has 0 heterocycles. The highest BCUT2D eigenvalue weighted by atomic mass is 79.9. The van der Waals surface area contributed by atoms with Crippen molar-refractivity contribution in [2.24, 2.45) is 0 Å². The van der Waals surface area contributed by atoms with Gasteiger partial charge in [0.1, 0.15) is 6.04 Å². The van der Waals surface area contributed by atoms with Gasteiger partial charge < -0.3 is 10.2 Å². The minimum absolute atomic E-state index is 0.0153. The highest BCUT2D eigenvalue weighted by Gasteiger charge is 2.31. The zero-order chi connectivity index (χ0) is 24.5. The van der Waals surface area contributed by atoms with Crippen LogP contribution in [0, 0.1) is 0 Å². The largest absolute Gasteiger partial charge is 0.352 e. The summed E-state index contributed by atoms with van der Waals surface area (Å²) >= 11 is 9.67. The minimum atomic E-state index is -0.651. The second-order valence-corrected chi connectivity index (χ2v) is 9.83. The molecular formula is C28H30BrClN2O2. The quantitative estimate of drug-likeness (QED) is 0.332. The van der Waals surface area contributed by atoms with E-state index in [1.165, 1.54) is 0 Å². The maximum absolute atomic E-state index is 13.7. The minimum Gasteiger partial charge on any atom is -0.352 e. The highest BCUT2D eigenvalue weighted by Crippen LogP contribution is 2.20. The first kappa shape index (κ1) is 26.0. The van der Waals surface area contributed by atoms with E-state index in [9.17, 15) is 9.59 Å². The average molecular weight is 542 g/mol. The van der Waals surface area contributed by atoms with Crippen LogP contribution in [0.15, 0.2) is 83.3 Å². The average Bonchev–Trinajstić information content (AvgIpc) is 2.81. The van der Waals surface area contributed by atoms with Crippen molar-refractivity contribution in [1.82, 2.24) is 10.2 Å². The van der Waals surface area contributed by atoms with Gasteiger partial charge in [0, 0.05) is 28.5 Å². The number of halogens is 2. The van der Waals surface area contributed by atoms with Crippen LogP contribution in [0.25, 0.3) is 0 Å². The van der Waals surface area contributed by atoms with Crippen LogP contribution in [0.5, 0.6) is 0 Å². The fourth-order valence-corrected chi connectivity index (χ4v) is 4.41. The predicted molar refractivity (Wildman–Crippen MR) is 142 cm³/mol. The summed E-state index contributed by atoms with van der Waals surface area (Å²) in [6.45, 7) is 4.33. The third-order valence-corrected chi connectivity index (χ3v) is 6.49. The van der Waals surface area contributed by atoms with Crippen LogP contribution in [-0.2, 0) is 29.0 Å². The lowest BCUT2D eigenvalue weighted by Gasteiger charge is -2.32. The molecule has 4 nitrogen and oxygen atoms in total. The van der Waals surface area contributed by atoms with E-state index in [1.807, 2.05) is 80.6 Å². The van der Waals surface area contributed by atoms with Crippen molar-refractivity contribution in [2.75, 3.05) is 0 Å². The molecule has 0 aromatic heterocycles. The molecule has 0 radical (unpaired) electrons. The molecule has 3 aromatic rings. The molecule has 0 aliphatic carbocycles. The van der Waals surface area contributed by atoms with Gasteiger partial charge in [0.2, 0.25) is 11.8 Å². The molecule has 3 aromatic carbocycles. The third-order valence-electron chi connectivity index (χ3n) is 5.76. The Morgan fingerprint density at radius 1 is 0.941 bits per heavy atom. The summed E-state index contributed by atoms with van der Waals surface area (Å²) < 4.78 is 0.927. The lowest BCUT2D eigenvalue weighted by atomic mass is 10.0. The highest BCUT2D eigenvalue weighted by molar-refractivity contribution is 9.10. The second kappa shape index (κ2) is 12.7. The van der Waals surface area contributed by atoms with Gasteiger partial charge in [-0.1, -0.05) is 89.1 Å². The van der Waals surface area contributed by atoms with Gasteiger partial charge in [0.05, 0.1) is 6.42 Å². The summed E-state index contributed by atoms with van der Waals surface area (Å²) in [6, 6.07) is 24.3. The fourth-order valence-electron chi connectivity index (χ4n) is 3.75. The van der Waals surface area contributed by atoms with Crippen LogP contribution in [0.2, 0.25) is 5.02 Å². The molecule has 0 unspecified atom stereocenters. The number of rotatable bonds is 10. The molecule has 2 atom stereocenters. The van der Waals surface area contributed by atoms with Gasteiger partial charge in [-0.25, -0.2) is 0 Å². The number of benzene rings is 3. The maximum atomic E-state index is 13.7. The first-order chi connectivity index (χ1) is 16.4. The molecule has 3 rings (SSSR count). The Labute approximate surface area is 215 Å². The maximum Gasteiger partial charge on any atom is 0.243 e. The summed E-state index contributed by atoms with van der Waals surface area (Å²) in [5.74, 6) is -0.268. The van der Waals surface area contributed by atoms with Crippen molar-refractivity contribution in [1.29, 1.82) is 0 Å². The first-order valence-corrected chi connectivity index (χ1v) is 12.7. The molecule has 6 heteroatoms. The van der Waals surface area contributed by atoms with Crippen molar-refractivity contribution in [3.63, 3.8) is 0 Å². The summed E-state index contributed by atoms with van der Waals surface area (Å²) in [6.07, 6.45) is 1.40. The standard InChI is InChI=1S/C28H30BrClN2O2/c1-3-20(2)31-28(34)26(17-21-9-5-4-6-10-21)32(19-23-12-7-13-24(29)15-23)27(33)18-22-11-8-14-25(30)16-22/h4-16,20,26H,3,17-19H2,1-2H3,(H,31,34)/t20-,26+/m1/s1. The molecule has 0 saturated heterocycles. The van der Waals surface area contributed by atoms with Crippen LogP contribution < -0.4 is 5.32 Å². The Hall–Kier alpha value is -2.63. The second-order valence-electron chi connectivity index (χ2n) is 8.48. The Morgan fingerprint density at radius 2 is 1.62 bits per heavy atom. The van der Waals surface area contributed by atoms with E-state index in [2.05, 4.69) is 21.2 Å². The van der Waals surface area contributed by atoms with E-state index in [-0.39, 0.29) is 24.3 Å². The van der Waals surface area contributed by atoms with E-state index in [1.54, 1.807) is 17.0 Å². The Kier molecular flexibility index (Phi) is 9.73. The van der Waals surface area contributed by atoms with Crippen LogP contribution in [0.1, 0.15) is 37.0 Å². The number of hydrogen-bond donors (Lipinski definition) is 1. The van der Waals surface area contributed by atoms with Crippen LogP contribution in [0.3, 0.4) is 0 Å². The van der Waals surface area contributed by atoms with E-state index < -0.39 is 6.04 Å². The Balaban J connectivity index is 1.97. The molecule has 0 bridgehead atoms.